The molecule has 0 aromatic heterocycles. The van der Waals surface area contributed by atoms with Crippen molar-refractivity contribution >= 4 is 11.4 Å². The van der Waals surface area contributed by atoms with Crippen LogP contribution in [0.5, 0.6) is 0 Å². The zero-order valence-electron chi connectivity index (χ0n) is 7.52. The molecule has 0 aliphatic carbocycles. The smallest absolute Gasteiger partial charge is 0.0615 e. The predicted molar refractivity (Wildman–Crippen MR) is 54.0 cm³/mol. The van der Waals surface area contributed by atoms with Crippen molar-refractivity contribution in [2.24, 2.45) is 0 Å². The quantitative estimate of drug-likeness (QED) is 0.656. The van der Waals surface area contributed by atoms with Gasteiger partial charge < -0.3 is 11.1 Å². The van der Waals surface area contributed by atoms with Crippen LogP contribution in [0, 0.1) is 6.92 Å². The van der Waals surface area contributed by atoms with Gasteiger partial charge in [0.05, 0.1) is 11.4 Å². The number of aryl methyl sites for hydroxylation is 1. The summed E-state index contributed by atoms with van der Waals surface area (Å²) < 4.78 is 0. The molecule has 0 saturated heterocycles. The fourth-order valence-electron chi connectivity index (χ4n) is 1.03. The van der Waals surface area contributed by atoms with Crippen LogP contribution in [0.25, 0.3) is 0 Å². The second-order valence-electron chi connectivity index (χ2n) is 3.00. The van der Waals surface area contributed by atoms with Crippen molar-refractivity contribution in [3.63, 3.8) is 0 Å². The number of benzene rings is 1. The van der Waals surface area contributed by atoms with Gasteiger partial charge in [0.2, 0.25) is 0 Å². The molecule has 0 unspecified atom stereocenters. The summed E-state index contributed by atoms with van der Waals surface area (Å²) in [7, 11) is 0. The van der Waals surface area contributed by atoms with Gasteiger partial charge in [-0.1, -0.05) is 12.6 Å². The standard InChI is InChI=1S/C10H14N2/c1-7(2)12-10-5-4-8(3)6-9(10)11/h4-6,12H,1,11H2,2-3H3. The highest BCUT2D eigenvalue weighted by molar-refractivity contribution is 5.68. The van der Waals surface area contributed by atoms with Crippen LogP contribution in [0.2, 0.25) is 0 Å². The molecule has 0 spiro atoms. The highest BCUT2D eigenvalue weighted by Crippen LogP contribution is 2.20. The maximum atomic E-state index is 5.77. The molecule has 2 nitrogen and oxygen atoms in total. The molecule has 0 bridgehead atoms. The minimum Gasteiger partial charge on any atom is -0.397 e. The Bertz CT molecular complexity index is 303. The average molecular weight is 162 g/mol. The first-order valence-corrected chi connectivity index (χ1v) is 3.88. The molecule has 0 fully saturated rings. The lowest BCUT2D eigenvalue weighted by Crippen LogP contribution is -1.98. The zero-order valence-corrected chi connectivity index (χ0v) is 7.52. The number of nitrogens with one attached hydrogen (secondary N) is 1. The Morgan fingerprint density at radius 1 is 1.50 bits per heavy atom. The average Bonchev–Trinajstić information content (AvgIpc) is 1.94. The number of nitrogens with two attached hydrogens (primary N) is 1. The van der Waals surface area contributed by atoms with Gasteiger partial charge in [-0.15, -0.1) is 0 Å². The van der Waals surface area contributed by atoms with Gasteiger partial charge in [0, 0.05) is 5.70 Å². The monoisotopic (exact) mass is 162 g/mol. The molecule has 3 N–H and O–H groups in total. The molecule has 0 amide bonds. The third-order valence-electron chi connectivity index (χ3n) is 1.56. The summed E-state index contributed by atoms with van der Waals surface area (Å²) in [5, 5.41) is 3.08. The molecule has 0 aliphatic heterocycles. The lowest BCUT2D eigenvalue weighted by molar-refractivity contribution is 1.38. The second kappa shape index (κ2) is 3.30. The van der Waals surface area contributed by atoms with E-state index in [1.807, 2.05) is 32.0 Å². The Balaban J connectivity index is 2.93. The van der Waals surface area contributed by atoms with Gasteiger partial charge >= 0.3 is 0 Å². The SMILES string of the molecule is C=C(C)Nc1ccc(C)cc1N. The van der Waals surface area contributed by atoms with E-state index >= 15 is 0 Å². The van der Waals surface area contributed by atoms with Crippen molar-refractivity contribution in [3.05, 3.63) is 36.0 Å². The minimum absolute atomic E-state index is 0.762. The number of anilines is 2. The maximum absolute atomic E-state index is 5.77. The molecule has 0 aliphatic rings. The van der Waals surface area contributed by atoms with E-state index in [2.05, 4.69) is 11.9 Å². The molecule has 0 radical (unpaired) electrons. The van der Waals surface area contributed by atoms with Crippen molar-refractivity contribution in [1.29, 1.82) is 0 Å². The van der Waals surface area contributed by atoms with Gasteiger partial charge in [0.1, 0.15) is 0 Å². The van der Waals surface area contributed by atoms with E-state index in [0.29, 0.717) is 0 Å². The van der Waals surface area contributed by atoms with Crippen LogP contribution < -0.4 is 11.1 Å². The van der Waals surface area contributed by atoms with Gasteiger partial charge in [-0.2, -0.15) is 0 Å². The Morgan fingerprint density at radius 2 is 2.17 bits per heavy atom. The number of allylic oxidation sites excluding steroid dienone is 1. The highest BCUT2D eigenvalue weighted by atomic mass is 14.9. The van der Waals surface area contributed by atoms with Gasteiger partial charge in [0.15, 0.2) is 0 Å². The Kier molecular flexibility index (Phi) is 2.38. The molecule has 64 valence electrons. The predicted octanol–water partition coefficient (Wildman–Crippen LogP) is 2.52. The summed E-state index contributed by atoms with van der Waals surface area (Å²) in [4.78, 5) is 0. The van der Waals surface area contributed by atoms with E-state index < -0.39 is 0 Å². The second-order valence-corrected chi connectivity index (χ2v) is 3.00. The molecule has 2 heteroatoms. The van der Waals surface area contributed by atoms with Crippen molar-refractivity contribution < 1.29 is 0 Å². The van der Waals surface area contributed by atoms with E-state index in [1.54, 1.807) is 0 Å². The normalized spacial score (nSPS) is 9.50. The third kappa shape index (κ3) is 2.02. The number of rotatable bonds is 2. The minimum atomic E-state index is 0.762. The molecule has 12 heavy (non-hydrogen) atoms. The van der Waals surface area contributed by atoms with Crippen LogP contribution in [0.15, 0.2) is 30.5 Å². The number of hydrogen-bond acceptors (Lipinski definition) is 2. The molecule has 0 saturated carbocycles. The fraction of sp³-hybridized carbons (Fsp3) is 0.200. The van der Waals surface area contributed by atoms with Crippen LogP contribution in [-0.2, 0) is 0 Å². The van der Waals surface area contributed by atoms with E-state index in [1.165, 1.54) is 5.56 Å². The number of nitrogen functional groups attached to an aromatic ring is 1. The van der Waals surface area contributed by atoms with Gasteiger partial charge in [0.25, 0.3) is 0 Å². The van der Waals surface area contributed by atoms with Gasteiger partial charge in [-0.05, 0) is 31.5 Å². The summed E-state index contributed by atoms with van der Waals surface area (Å²) in [5.41, 5.74) is 9.51. The largest absolute Gasteiger partial charge is 0.397 e. The Morgan fingerprint density at radius 3 is 2.67 bits per heavy atom. The van der Waals surface area contributed by atoms with E-state index in [0.717, 1.165) is 17.1 Å². The van der Waals surface area contributed by atoms with E-state index in [-0.39, 0.29) is 0 Å². The summed E-state index contributed by atoms with van der Waals surface area (Å²) in [6.45, 7) is 7.66. The summed E-state index contributed by atoms with van der Waals surface area (Å²) in [6.07, 6.45) is 0. The van der Waals surface area contributed by atoms with Crippen LogP contribution in [0.3, 0.4) is 0 Å². The van der Waals surface area contributed by atoms with Crippen molar-refractivity contribution in [2.75, 3.05) is 11.1 Å². The Labute approximate surface area is 73.1 Å². The molecule has 1 rings (SSSR count). The third-order valence-corrected chi connectivity index (χ3v) is 1.56. The topological polar surface area (TPSA) is 38.0 Å². The van der Waals surface area contributed by atoms with Crippen molar-refractivity contribution in [1.82, 2.24) is 0 Å². The molecule has 1 aromatic rings. The fourth-order valence-corrected chi connectivity index (χ4v) is 1.03. The molecule has 0 atom stereocenters. The van der Waals surface area contributed by atoms with Crippen LogP contribution in [0.1, 0.15) is 12.5 Å². The Hall–Kier alpha value is -1.44. The summed E-state index contributed by atoms with van der Waals surface area (Å²) in [5.74, 6) is 0. The van der Waals surface area contributed by atoms with E-state index in [9.17, 15) is 0 Å². The van der Waals surface area contributed by atoms with Gasteiger partial charge in [-0.25, -0.2) is 0 Å². The summed E-state index contributed by atoms with van der Waals surface area (Å²) >= 11 is 0. The first-order chi connectivity index (χ1) is 5.59. The van der Waals surface area contributed by atoms with Crippen molar-refractivity contribution in [3.8, 4) is 0 Å². The van der Waals surface area contributed by atoms with E-state index in [4.69, 9.17) is 5.73 Å². The summed E-state index contributed by atoms with van der Waals surface area (Å²) in [6, 6.07) is 5.91. The molecule has 0 heterocycles. The van der Waals surface area contributed by atoms with Crippen LogP contribution in [0.4, 0.5) is 11.4 Å². The highest BCUT2D eigenvalue weighted by Gasteiger charge is 1.96. The van der Waals surface area contributed by atoms with Crippen molar-refractivity contribution in [2.45, 2.75) is 13.8 Å². The van der Waals surface area contributed by atoms with Gasteiger partial charge in [-0.3, -0.25) is 0 Å². The first-order valence-electron chi connectivity index (χ1n) is 3.88. The lowest BCUT2D eigenvalue weighted by atomic mass is 10.2. The van der Waals surface area contributed by atoms with Crippen LogP contribution in [-0.4, -0.2) is 0 Å². The molecule has 1 aromatic carbocycles. The first kappa shape index (κ1) is 8.65. The maximum Gasteiger partial charge on any atom is 0.0615 e. The molecular weight excluding hydrogens is 148 g/mol. The number of hydrogen-bond donors (Lipinski definition) is 2. The van der Waals surface area contributed by atoms with Crippen LogP contribution >= 0.6 is 0 Å². The lowest BCUT2D eigenvalue weighted by Gasteiger charge is -2.08. The zero-order chi connectivity index (χ0) is 9.14. The molecular formula is C10H14N2.